The summed E-state index contributed by atoms with van der Waals surface area (Å²) in [5.41, 5.74) is 1.41. The van der Waals surface area contributed by atoms with Gasteiger partial charge in [0.25, 0.3) is 0 Å². The number of rotatable bonds is 9. The highest BCUT2D eigenvalue weighted by Crippen LogP contribution is 2.52. The van der Waals surface area contributed by atoms with E-state index in [0.29, 0.717) is 29.2 Å². The minimum absolute atomic E-state index is 0.119. The Bertz CT molecular complexity index is 1400. The van der Waals surface area contributed by atoms with Gasteiger partial charge in [-0.05, 0) is 67.4 Å². The number of aliphatic carboxylic acids is 1. The van der Waals surface area contributed by atoms with Gasteiger partial charge in [-0.25, -0.2) is 8.42 Å². The van der Waals surface area contributed by atoms with Crippen molar-refractivity contribution in [2.45, 2.75) is 53.8 Å². The van der Waals surface area contributed by atoms with Crippen LogP contribution in [0, 0.1) is 12.8 Å². The Morgan fingerprint density at radius 2 is 1.68 bits per heavy atom. The second-order valence-electron chi connectivity index (χ2n) is 9.24. The molecule has 0 saturated carbocycles. The van der Waals surface area contributed by atoms with Crippen LogP contribution in [-0.4, -0.2) is 42.2 Å². The summed E-state index contributed by atoms with van der Waals surface area (Å²) in [6.07, 6.45) is 1.16. The largest absolute Gasteiger partial charge is 0.497 e. The molecule has 0 amide bonds. The van der Waals surface area contributed by atoms with Crippen LogP contribution in [0.15, 0.2) is 76.5 Å². The van der Waals surface area contributed by atoms with E-state index in [4.69, 9.17) is 27.9 Å². The second-order valence-corrected chi connectivity index (χ2v) is 13.2. The normalized spacial score (nSPS) is 21.9. The van der Waals surface area contributed by atoms with Gasteiger partial charge >= 0.3 is 5.97 Å². The van der Waals surface area contributed by atoms with Crippen LogP contribution in [0.25, 0.3) is 0 Å². The van der Waals surface area contributed by atoms with Gasteiger partial charge in [0, 0.05) is 16.2 Å². The van der Waals surface area contributed by atoms with E-state index in [1.165, 1.54) is 16.1 Å². The molecule has 0 aliphatic carbocycles. The van der Waals surface area contributed by atoms with E-state index >= 15 is 0 Å². The number of halogens is 2. The SMILES string of the molecule is CCC[C@@H]1[C@@H](Sc2ccc(OC)cc2)[C@@H](C(=O)O)[C@H](c2ccc(Cl)c(Cl)c2)N1S(=O)(=O)c1ccc(C)cc1. The molecule has 1 aliphatic heterocycles. The highest BCUT2D eigenvalue weighted by molar-refractivity contribution is 8.00. The Labute approximate surface area is 238 Å². The van der Waals surface area contributed by atoms with Crippen LogP contribution in [0.4, 0.5) is 0 Å². The highest BCUT2D eigenvalue weighted by Gasteiger charge is 2.57. The standard InChI is InChI=1S/C28H29Cl2NO5S2/c1-4-5-24-27(37-20-11-9-19(36-3)10-12-20)25(28(32)33)26(18-8-15-22(29)23(30)16-18)31(24)38(34,35)21-13-6-17(2)7-14-21/h6-16,24-27H,4-5H2,1-3H3,(H,32,33)/t24-,25+,26+,27-/m1/s1. The van der Waals surface area contributed by atoms with E-state index in [9.17, 15) is 18.3 Å². The number of hydrogen-bond acceptors (Lipinski definition) is 5. The lowest BCUT2D eigenvalue weighted by atomic mass is 9.92. The maximum atomic E-state index is 14.3. The molecule has 0 radical (unpaired) electrons. The average Bonchev–Trinajstić information content (AvgIpc) is 3.21. The van der Waals surface area contributed by atoms with Gasteiger partial charge in [0.2, 0.25) is 10.0 Å². The quantitative estimate of drug-likeness (QED) is 0.285. The number of thioether (sulfide) groups is 1. The predicted octanol–water partition coefficient (Wildman–Crippen LogP) is 7.09. The van der Waals surface area contributed by atoms with Crippen LogP contribution in [-0.2, 0) is 14.8 Å². The van der Waals surface area contributed by atoms with Crippen LogP contribution in [0.5, 0.6) is 5.75 Å². The number of methoxy groups -OCH3 is 1. The zero-order valence-corrected chi connectivity index (χ0v) is 24.3. The molecule has 1 fully saturated rings. The number of aryl methyl sites for hydroxylation is 1. The van der Waals surface area contributed by atoms with Crippen molar-refractivity contribution in [3.05, 3.63) is 87.9 Å². The molecule has 1 aliphatic rings. The van der Waals surface area contributed by atoms with Crippen molar-refractivity contribution < 1.29 is 23.1 Å². The molecule has 3 aromatic rings. The van der Waals surface area contributed by atoms with Crippen molar-refractivity contribution in [1.29, 1.82) is 0 Å². The van der Waals surface area contributed by atoms with Crippen molar-refractivity contribution in [3.63, 3.8) is 0 Å². The summed E-state index contributed by atoms with van der Waals surface area (Å²) < 4.78 is 35.2. The van der Waals surface area contributed by atoms with Gasteiger partial charge in [0.1, 0.15) is 5.75 Å². The van der Waals surface area contributed by atoms with Crippen LogP contribution >= 0.6 is 35.0 Å². The molecule has 0 aromatic heterocycles. The topological polar surface area (TPSA) is 83.9 Å². The zero-order chi connectivity index (χ0) is 27.6. The number of benzene rings is 3. The summed E-state index contributed by atoms with van der Waals surface area (Å²) in [5, 5.41) is 10.5. The van der Waals surface area contributed by atoms with Crippen molar-refractivity contribution in [3.8, 4) is 5.75 Å². The van der Waals surface area contributed by atoms with E-state index in [0.717, 1.165) is 10.5 Å². The van der Waals surface area contributed by atoms with Gasteiger partial charge < -0.3 is 9.84 Å². The molecule has 4 atom stereocenters. The zero-order valence-electron chi connectivity index (χ0n) is 21.2. The summed E-state index contributed by atoms with van der Waals surface area (Å²) in [7, 11) is -2.51. The fraction of sp³-hybridized carbons (Fsp3) is 0.321. The summed E-state index contributed by atoms with van der Waals surface area (Å²) in [6, 6.07) is 17.2. The lowest BCUT2D eigenvalue weighted by Gasteiger charge is -2.31. The van der Waals surface area contributed by atoms with Crippen molar-refractivity contribution >= 4 is 51.0 Å². The molecule has 4 rings (SSSR count). The van der Waals surface area contributed by atoms with Gasteiger partial charge in [0.15, 0.2) is 0 Å². The lowest BCUT2D eigenvalue weighted by molar-refractivity contribution is -0.142. The Hall–Kier alpha value is -2.23. The molecule has 10 heteroatoms. The number of ether oxygens (including phenoxy) is 1. The van der Waals surface area contributed by atoms with Gasteiger partial charge in [-0.2, -0.15) is 4.31 Å². The van der Waals surface area contributed by atoms with Crippen LogP contribution < -0.4 is 4.74 Å². The number of sulfonamides is 1. The maximum absolute atomic E-state index is 14.3. The van der Waals surface area contributed by atoms with Gasteiger partial charge in [-0.15, -0.1) is 11.8 Å². The molecule has 3 aromatic carbocycles. The van der Waals surface area contributed by atoms with Gasteiger partial charge in [-0.1, -0.05) is 60.3 Å². The fourth-order valence-corrected chi connectivity index (χ4v) is 8.66. The van der Waals surface area contributed by atoms with E-state index in [1.54, 1.807) is 61.7 Å². The minimum Gasteiger partial charge on any atom is -0.497 e. The summed E-state index contributed by atoms with van der Waals surface area (Å²) in [4.78, 5) is 13.9. The molecule has 202 valence electrons. The van der Waals surface area contributed by atoms with E-state index < -0.39 is 39.2 Å². The van der Waals surface area contributed by atoms with Crippen LogP contribution in [0.2, 0.25) is 10.0 Å². The molecule has 0 spiro atoms. The molecule has 6 nitrogen and oxygen atoms in total. The number of hydrogen-bond donors (Lipinski definition) is 1. The highest BCUT2D eigenvalue weighted by atomic mass is 35.5. The Kier molecular flexibility index (Phi) is 9.00. The van der Waals surface area contributed by atoms with Crippen LogP contribution in [0.1, 0.15) is 36.9 Å². The number of nitrogens with zero attached hydrogens (tertiary/aromatic N) is 1. The van der Waals surface area contributed by atoms with Gasteiger partial charge in [0.05, 0.1) is 34.0 Å². The third kappa shape index (κ3) is 5.70. The van der Waals surface area contributed by atoms with E-state index in [1.807, 2.05) is 26.0 Å². The first-order valence-corrected chi connectivity index (χ1v) is 15.2. The molecular weight excluding hydrogens is 565 g/mol. The Balaban J connectivity index is 1.91. The first-order chi connectivity index (χ1) is 18.1. The molecule has 1 saturated heterocycles. The van der Waals surface area contributed by atoms with Crippen LogP contribution in [0.3, 0.4) is 0 Å². The third-order valence-electron chi connectivity index (χ3n) is 6.76. The fourth-order valence-electron chi connectivity index (χ4n) is 4.96. The average molecular weight is 595 g/mol. The van der Waals surface area contributed by atoms with Crippen molar-refractivity contribution in [2.75, 3.05) is 7.11 Å². The maximum Gasteiger partial charge on any atom is 0.309 e. The molecule has 0 bridgehead atoms. The van der Waals surface area contributed by atoms with Gasteiger partial charge in [-0.3, -0.25) is 4.79 Å². The smallest absolute Gasteiger partial charge is 0.309 e. The van der Waals surface area contributed by atoms with E-state index in [-0.39, 0.29) is 9.92 Å². The van der Waals surface area contributed by atoms with E-state index in [2.05, 4.69) is 0 Å². The summed E-state index contributed by atoms with van der Waals surface area (Å²) >= 11 is 13.9. The number of carboxylic acids is 1. The molecule has 0 unspecified atom stereocenters. The third-order valence-corrected chi connectivity index (χ3v) is 10.8. The number of carbonyl (C=O) groups is 1. The molecule has 1 N–H and O–H groups in total. The summed E-state index contributed by atoms with van der Waals surface area (Å²) in [5.74, 6) is -1.44. The first-order valence-electron chi connectivity index (χ1n) is 12.2. The summed E-state index contributed by atoms with van der Waals surface area (Å²) in [6.45, 7) is 3.85. The second kappa shape index (κ2) is 11.9. The first kappa shape index (κ1) is 28.8. The Morgan fingerprint density at radius 3 is 2.24 bits per heavy atom. The number of carboxylic acid groups (broad SMARTS) is 1. The molecule has 1 heterocycles. The Morgan fingerprint density at radius 1 is 1.03 bits per heavy atom. The lowest BCUT2D eigenvalue weighted by Crippen LogP contribution is -2.40. The van der Waals surface area contributed by atoms with Crippen molar-refractivity contribution in [1.82, 2.24) is 4.31 Å². The minimum atomic E-state index is -4.09. The predicted molar refractivity (Wildman–Crippen MR) is 152 cm³/mol. The molecule has 38 heavy (non-hydrogen) atoms. The monoisotopic (exact) mass is 593 g/mol. The molecular formula is C28H29Cl2NO5S2. The van der Waals surface area contributed by atoms with Crippen molar-refractivity contribution in [2.24, 2.45) is 5.92 Å².